The predicted molar refractivity (Wildman–Crippen MR) is 152 cm³/mol. The van der Waals surface area contributed by atoms with Gasteiger partial charge in [-0.3, -0.25) is 19.4 Å². The monoisotopic (exact) mass is 555 g/mol. The Balaban J connectivity index is 1.35. The molecule has 3 aromatic heterocycles. The smallest absolute Gasteiger partial charge is 0.228 e. The van der Waals surface area contributed by atoms with Crippen LogP contribution in [0.3, 0.4) is 0 Å². The standard InChI is InChI=1S/C29H29N7O3S/c1-19-13-20(14-27(37)35-21-16-34-36(18-21)29(2,3)4)5-8-25(19)39-26-9-10-32-24-7-6-22(15-23(24)26)40(30,38)28-17-31-11-12-33-28/h5-13,15-18,30H,14H2,1-4H3,(H,35,37)/t40-/m1/s1. The summed E-state index contributed by atoms with van der Waals surface area (Å²) >= 11 is 0. The first-order valence-electron chi connectivity index (χ1n) is 12.6. The number of aryl methyl sites for hydroxylation is 1. The molecular weight excluding hydrogens is 526 g/mol. The summed E-state index contributed by atoms with van der Waals surface area (Å²) in [6.45, 7) is 8.03. The number of ether oxygens (including phenoxy) is 1. The number of hydrogen-bond donors (Lipinski definition) is 2. The summed E-state index contributed by atoms with van der Waals surface area (Å²) in [5.41, 5.74) is 2.79. The highest BCUT2D eigenvalue weighted by Crippen LogP contribution is 2.33. The quantitative estimate of drug-likeness (QED) is 0.262. The molecule has 10 nitrogen and oxygen atoms in total. The van der Waals surface area contributed by atoms with Crippen LogP contribution in [0.5, 0.6) is 11.5 Å². The lowest BCUT2D eigenvalue weighted by Crippen LogP contribution is -2.22. The minimum absolute atomic E-state index is 0.0826. The lowest BCUT2D eigenvalue weighted by molar-refractivity contribution is -0.115. The first kappa shape index (κ1) is 26.9. The van der Waals surface area contributed by atoms with Crippen molar-refractivity contribution in [3.8, 4) is 11.5 Å². The van der Waals surface area contributed by atoms with Crippen molar-refractivity contribution in [1.82, 2.24) is 24.7 Å². The van der Waals surface area contributed by atoms with E-state index in [1.165, 1.54) is 18.6 Å². The van der Waals surface area contributed by atoms with Gasteiger partial charge in [0.15, 0.2) is 5.03 Å². The molecule has 0 saturated carbocycles. The SMILES string of the molecule is Cc1cc(CC(=O)Nc2cnn(C(C)(C)C)c2)ccc1Oc1ccnc2ccc([S@@](=N)(=O)c3cnccn3)cc12. The molecule has 2 N–H and O–H groups in total. The van der Waals surface area contributed by atoms with Crippen LogP contribution in [-0.2, 0) is 26.5 Å². The fourth-order valence-corrected chi connectivity index (χ4v) is 5.33. The van der Waals surface area contributed by atoms with Crippen LogP contribution in [0.15, 0.2) is 89.6 Å². The first-order chi connectivity index (χ1) is 19.0. The molecule has 1 atom stereocenters. The Labute approximate surface area is 232 Å². The molecule has 2 aromatic carbocycles. The van der Waals surface area contributed by atoms with Crippen molar-refractivity contribution in [2.75, 3.05) is 5.32 Å². The third-order valence-electron chi connectivity index (χ3n) is 6.22. The minimum Gasteiger partial charge on any atom is -0.456 e. The maximum atomic E-state index is 13.3. The molecule has 204 valence electrons. The molecule has 0 aliphatic carbocycles. The van der Waals surface area contributed by atoms with Crippen LogP contribution in [0.1, 0.15) is 31.9 Å². The van der Waals surface area contributed by atoms with Gasteiger partial charge in [-0.15, -0.1) is 0 Å². The third kappa shape index (κ3) is 5.69. The van der Waals surface area contributed by atoms with Gasteiger partial charge in [-0.1, -0.05) is 12.1 Å². The average molecular weight is 556 g/mol. The van der Waals surface area contributed by atoms with E-state index < -0.39 is 9.73 Å². The van der Waals surface area contributed by atoms with Crippen LogP contribution >= 0.6 is 0 Å². The number of hydrogen-bond acceptors (Lipinski definition) is 8. The predicted octanol–water partition coefficient (Wildman–Crippen LogP) is 5.72. The number of carbonyl (C=O) groups is 1. The van der Waals surface area contributed by atoms with Gasteiger partial charge < -0.3 is 10.1 Å². The van der Waals surface area contributed by atoms with Gasteiger partial charge in [0.1, 0.15) is 21.2 Å². The highest BCUT2D eigenvalue weighted by Gasteiger charge is 2.18. The largest absolute Gasteiger partial charge is 0.456 e. The second kappa shape index (κ2) is 10.5. The average Bonchev–Trinajstić information content (AvgIpc) is 3.39. The van der Waals surface area contributed by atoms with Crippen LogP contribution in [0, 0.1) is 11.7 Å². The van der Waals surface area contributed by atoms with Gasteiger partial charge in [-0.25, -0.2) is 14.0 Å². The number of pyridine rings is 1. The molecule has 5 aromatic rings. The molecule has 0 saturated heterocycles. The number of nitrogens with zero attached hydrogens (tertiary/aromatic N) is 5. The Hall–Kier alpha value is -4.64. The van der Waals surface area contributed by atoms with Gasteiger partial charge in [0, 0.05) is 30.2 Å². The molecule has 0 unspecified atom stereocenters. The number of carbonyl (C=O) groups excluding carboxylic acids is 1. The van der Waals surface area contributed by atoms with E-state index in [-0.39, 0.29) is 27.8 Å². The van der Waals surface area contributed by atoms with E-state index >= 15 is 0 Å². The number of amides is 1. The second-order valence-corrected chi connectivity index (χ2v) is 12.4. The lowest BCUT2D eigenvalue weighted by atomic mass is 10.1. The summed E-state index contributed by atoms with van der Waals surface area (Å²) in [6.07, 6.45) is 9.51. The van der Waals surface area contributed by atoms with Crippen molar-refractivity contribution in [2.24, 2.45) is 0 Å². The Bertz CT molecular complexity index is 1810. The first-order valence-corrected chi connectivity index (χ1v) is 14.1. The van der Waals surface area contributed by atoms with Gasteiger partial charge in [-0.05, 0) is 69.2 Å². The number of rotatable bonds is 7. The van der Waals surface area contributed by atoms with Crippen molar-refractivity contribution < 1.29 is 13.7 Å². The van der Waals surface area contributed by atoms with Gasteiger partial charge in [-0.2, -0.15) is 5.10 Å². The summed E-state index contributed by atoms with van der Waals surface area (Å²) < 4.78 is 29.9. The van der Waals surface area contributed by atoms with Crippen molar-refractivity contribution in [3.05, 3.63) is 90.8 Å². The van der Waals surface area contributed by atoms with Crippen LogP contribution in [-0.4, -0.2) is 34.8 Å². The zero-order chi connectivity index (χ0) is 28.5. The van der Waals surface area contributed by atoms with Crippen LogP contribution in [0.25, 0.3) is 10.9 Å². The van der Waals surface area contributed by atoms with Crippen LogP contribution < -0.4 is 10.1 Å². The summed E-state index contributed by atoms with van der Waals surface area (Å²) in [7, 11) is -3.37. The molecule has 0 aliphatic heterocycles. The molecule has 0 radical (unpaired) electrons. The van der Waals surface area contributed by atoms with E-state index in [4.69, 9.17) is 9.52 Å². The molecule has 3 heterocycles. The molecule has 0 spiro atoms. The van der Waals surface area contributed by atoms with Crippen LogP contribution in [0.4, 0.5) is 5.69 Å². The van der Waals surface area contributed by atoms with E-state index in [2.05, 4.69) is 25.4 Å². The van der Waals surface area contributed by atoms with Crippen LogP contribution in [0.2, 0.25) is 0 Å². The summed E-state index contributed by atoms with van der Waals surface area (Å²) in [5.74, 6) is 0.968. The summed E-state index contributed by atoms with van der Waals surface area (Å²) in [5, 5.41) is 7.91. The van der Waals surface area contributed by atoms with Crippen molar-refractivity contribution >= 4 is 32.2 Å². The summed E-state index contributed by atoms with van der Waals surface area (Å²) in [4.78, 5) is 25.3. The molecule has 1 amide bonds. The number of fused-ring (bicyclic) bond motifs is 1. The lowest BCUT2D eigenvalue weighted by Gasteiger charge is -2.18. The molecule has 0 fully saturated rings. The Kier molecular flexibility index (Phi) is 7.07. The molecule has 11 heteroatoms. The minimum atomic E-state index is -3.37. The molecule has 0 bridgehead atoms. The Morgan fingerprint density at radius 1 is 1.02 bits per heavy atom. The van der Waals surface area contributed by atoms with Crippen molar-refractivity contribution in [1.29, 1.82) is 4.78 Å². The third-order valence-corrected chi connectivity index (χ3v) is 7.93. The number of anilines is 1. The molecule has 5 rings (SSSR count). The second-order valence-electron chi connectivity index (χ2n) is 10.4. The zero-order valence-corrected chi connectivity index (χ0v) is 23.4. The normalized spacial score (nSPS) is 13.1. The van der Waals surface area contributed by atoms with Gasteiger partial charge in [0.2, 0.25) is 5.91 Å². The van der Waals surface area contributed by atoms with E-state index in [0.29, 0.717) is 28.1 Å². The zero-order valence-electron chi connectivity index (χ0n) is 22.6. The Morgan fingerprint density at radius 3 is 2.55 bits per heavy atom. The molecule has 40 heavy (non-hydrogen) atoms. The fourth-order valence-electron chi connectivity index (χ4n) is 4.12. The van der Waals surface area contributed by atoms with Gasteiger partial charge >= 0.3 is 0 Å². The van der Waals surface area contributed by atoms with Crippen molar-refractivity contribution in [2.45, 2.75) is 49.6 Å². The number of aromatic nitrogens is 5. The highest BCUT2D eigenvalue weighted by atomic mass is 32.2. The number of benzene rings is 2. The maximum Gasteiger partial charge on any atom is 0.228 e. The van der Waals surface area contributed by atoms with Crippen molar-refractivity contribution in [3.63, 3.8) is 0 Å². The van der Waals surface area contributed by atoms with Gasteiger partial charge in [0.25, 0.3) is 0 Å². The van der Waals surface area contributed by atoms with E-state index in [9.17, 15) is 9.00 Å². The summed E-state index contributed by atoms with van der Waals surface area (Å²) in [6, 6.07) is 12.3. The van der Waals surface area contributed by atoms with Gasteiger partial charge in [0.05, 0.1) is 40.5 Å². The highest BCUT2D eigenvalue weighted by molar-refractivity contribution is 7.92. The maximum absolute atomic E-state index is 13.3. The topological polar surface area (TPSA) is 136 Å². The Morgan fingerprint density at radius 2 is 1.85 bits per heavy atom. The number of nitrogens with one attached hydrogen (secondary N) is 2. The molecule has 0 aliphatic rings. The molecular formula is C29H29N7O3S. The van der Waals surface area contributed by atoms with E-state index in [1.807, 2.05) is 56.8 Å². The fraction of sp³-hybridized carbons (Fsp3) is 0.207. The van der Waals surface area contributed by atoms with E-state index in [1.54, 1.807) is 36.7 Å². The van der Waals surface area contributed by atoms with E-state index in [0.717, 1.165) is 11.1 Å².